The first-order chi connectivity index (χ1) is 11.0. The highest BCUT2D eigenvalue weighted by molar-refractivity contribution is 6.02. The Hall–Kier alpha value is -1.62. The summed E-state index contributed by atoms with van der Waals surface area (Å²) in [7, 11) is 0. The number of carbonyl (C=O) groups excluding carboxylic acids is 2. The lowest BCUT2D eigenvalue weighted by atomic mass is 10.1. The van der Waals surface area contributed by atoms with E-state index in [4.69, 9.17) is 0 Å². The van der Waals surface area contributed by atoms with Crippen molar-refractivity contribution in [1.82, 2.24) is 15.2 Å². The Morgan fingerprint density at radius 3 is 2.35 bits per heavy atom. The molecular formula is C18H29N3O2. The second-order valence-corrected chi connectivity index (χ2v) is 6.55. The highest BCUT2D eigenvalue weighted by atomic mass is 16.2. The zero-order valence-electron chi connectivity index (χ0n) is 14.6. The molecule has 128 valence electrons. The van der Waals surface area contributed by atoms with E-state index in [9.17, 15) is 9.59 Å². The van der Waals surface area contributed by atoms with Gasteiger partial charge < -0.3 is 15.2 Å². The van der Waals surface area contributed by atoms with Gasteiger partial charge in [-0.1, -0.05) is 12.8 Å². The number of carbonyl (C=O) groups is 2. The van der Waals surface area contributed by atoms with Crippen molar-refractivity contribution in [2.45, 2.75) is 52.9 Å². The maximum atomic E-state index is 12.3. The van der Waals surface area contributed by atoms with Crippen molar-refractivity contribution in [3.63, 3.8) is 0 Å². The first-order valence-electron chi connectivity index (χ1n) is 8.71. The van der Waals surface area contributed by atoms with Gasteiger partial charge in [0, 0.05) is 17.8 Å². The fourth-order valence-corrected chi connectivity index (χ4v) is 3.46. The number of Topliss-reactive ketones (excluding diaryl/α,β-unsaturated/α-hetero) is 1. The molecule has 0 atom stereocenters. The summed E-state index contributed by atoms with van der Waals surface area (Å²) in [6.07, 6.45) is 6.24. The predicted octanol–water partition coefficient (Wildman–Crippen LogP) is 2.83. The van der Waals surface area contributed by atoms with Gasteiger partial charge in [0.15, 0.2) is 5.78 Å². The smallest absolute Gasteiger partial charge is 0.268 e. The molecule has 0 radical (unpaired) electrons. The number of H-pyrrole nitrogens is 1. The summed E-state index contributed by atoms with van der Waals surface area (Å²) in [6, 6.07) is 0. The molecule has 0 aromatic carbocycles. The quantitative estimate of drug-likeness (QED) is 0.626. The molecule has 1 aromatic rings. The highest BCUT2D eigenvalue weighted by Gasteiger charge is 2.19. The van der Waals surface area contributed by atoms with Crippen molar-refractivity contribution < 1.29 is 9.59 Å². The van der Waals surface area contributed by atoms with E-state index in [2.05, 4.69) is 15.2 Å². The summed E-state index contributed by atoms with van der Waals surface area (Å²) < 4.78 is 0. The Labute approximate surface area is 138 Å². The molecule has 1 aliphatic heterocycles. The highest BCUT2D eigenvalue weighted by Crippen LogP contribution is 2.18. The molecule has 5 nitrogen and oxygen atoms in total. The van der Waals surface area contributed by atoms with Gasteiger partial charge in [0.05, 0.1) is 0 Å². The van der Waals surface area contributed by atoms with Crippen LogP contribution < -0.4 is 5.32 Å². The summed E-state index contributed by atoms with van der Waals surface area (Å²) in [6.45, 7) is 9.28. The largest absolute Gasteiger partial charge is 0.354 e. The minimum atomic E-state index is -0.117. The molecule has 1 fully saturated rings. The third-order valence-electron chi connectivity index (χ3n) is 4.65. The van der Waals surface area contributed by atoms with Gasteiger partial charge in [-0.15, -0.1) is 0 Å². The fraction of sp³-hybridized carbons (Fsp3) is 0.667. The zero-order chi connectivity index (χ0) is 16.8. The number of aromatic nitrogens is 1. The second kappa shape index (κ2) is 8.29. The van der Waals surface area contributed by atoms with E-state index in [1.54, 1.807) is 0 Å². The molecule has 1 aromatic heterocycles. The van der Waals surface area contributed by atoms with E-state index in [-0.39, 0.29) is 11.7 Å². The average Bonchev–Trinajstić information content (AvgIpc) is 2.68. The van der Waals surface area contributed by atoms with Crippen molar-refractivity contribution >= 4 is 11.7 Å². The molecule has 0 bridgehead atoms. The number of aryl methyl sites for hydroxylation is 1. The number of nitrogens with zero attached hydrogens (tertiary/aromatic N) is 1. The summed E-state index contributed by atoms with van der Waals surface area (Å²) in [5, 5.41) is 2.97. The summed E-state index contributed by atoms with van der Waals surface area (Å²) in [4.78, 5) is 29.5. The first kappa shape index (κ1) is 17.7. The number of amides is 1. The topological polar surface area (TPSA) is 65.2 Å². The van der Waals surface area contributed by atoms with Gasteiger partial charge in [-0.2, -0.15) is 0 Å². The van der Waals surface area contributed by atoms with Gasteiger partial charge in [-0.05, 0) is 65.2 Å². The zero-order valence-corrected chi connectivity index (χ0v) is 14.6. The number of likely N-dealkylation sites (tertiary alicyclic amines) is 1. The number of hydrogen-bond acceptors (Lipinski definition) is 3. The van der Waals surface area contributed by atoms with Crippen LogP contribution in [0.5, 0.6) is 0 Å². The minimum Gasteiger partial charge on any atom is -0.354 e. The van der Waals surface area contributed by atoms with Crippen LogP contribution in [0.25, 0.3) is 0 Å². The lowest BCUT2D eigenvalue weighted by Crippen LogP contribution is -2.31. The number of ketones is 1. The monoisotopic (exact) mass is 319 g/mol. The van der Waals surface area contributed by atoms with Crippen LogP contribution in [0.3, 0.4) is 0 Å². The van der Waals surface area contributed by atoms with Crippen LogP contribution in [0.1, 0.15) is 71.1 Å². The second-order valence-electron chi connectivity index (χ2n) is 6.55. The Bertz CT molecular complexity index is 555. The van der Waals surface area contributed by atoms with E-state index in [1.165, 1.54) is 45.7 Å². The molecule has 1 amide bonds. The minimum absolute atomic E-state index is 0.00327. The maximum absolute atomic E-state index is 12.3. The summed E-state index contributed by atoms with van der Waals surface area (Å²) in [5.41, 5.74) is 2.67. The van der Waals surface area contributed by atoms with Crippen LogP contribution >= 0.6 is 0 Å². The molecule has 5 heteroatoms. The van der Waals surface area contributed by atoms with Gasteiger partial charge >= 0.3 is 0 Å². The molecule has 0 unspecified atom stereocenters. The third kappa shape index (κ3) is 4.67. The first-order valence-corrected chi connectivity index (χ1v) is 8.71. The van der Waals surface area contributed by atoms with Gasteiger partial charge in [-0.25, -0.2) is 0 Å². The predicted molar refractivity (Wildman–Crippen MR) is 92.1 cm³/mol. The van der Waals surface area contributed by atoms with Gasteiger partial charge in [0.25, 0.3) is 5.91 Å². The number of nitrogens with one attached hydrogen (secondary N) is 2. The van der Waals surface area contributed by atoms with Crippen LogP contribution in [0.2, 0.25) is 0 Å². The number of rotatable bonds is 6. The normalized spacial score (nSPS) is 16.1. The number of hydrogen-bond donors (Lipinski definition) is 2. The van der Waals surface area contributed by atoms with Crippen molar-refractivity contribution in [3.8, 4) is 0 Å². The van der Waals surface area contributed by atoms with Crippen LogP contribution in [0, 0.1) is 13.8 Å². The van der Waals surface area contributed by atoms with Crippen molar-refractivity contribution in [3.05, 3.63) is 22.5 Å². The Morgan fingerprint density at radius 2 is 1.78 bits per heavy atom. The third-order valence-corrected chi connectivity index (χ3v) is 4.65. The lowest BCUT2D eigenvalue weighted by molar-refractivity contribution is 0.0946. The van der Waals surface area contributed by atoms with Crippen molar-refractivity contribution in [2.24, 2.45) is 0 Å². The molecular weight excluding hydrogens is 290 g/mol. The summed E-state index contributed by atoms with van der Waals surface area (Å²) in [5.74, 6) is -0.120. The van der Waals surface area contributed by atoms with E-state index < -0.39 is 0 Å². The van der Waals surface area contributed by atoms with Crippen molar-refractivity contribution in [1.29, 1.82) is 0 Å². The summed E-state index contributed by atoms with van der Waals surface area (Å²) >= 11 is 0. The maximum Gasteiger partial charge on any atom is 0.268 e. The standard InChI is InChI=1S/C18H29N3O2/c1-13-16(15(3)22)14(2)20-17(13)18(23)19-9-8-12-21-10-6-4-5-7-11-21/h20H,4-12H2,1-3H3,(H,19,23). The fourth-order valence-electron chi connectivity index (χ4n) is 3.46. The van der Waals surface area contributed by atoms with E-state index in [0.717, 1.165) is 24.2 Å². The van der Waals surface area contributed by atoms with Crippen molar-refractivity contribution in [2.75, 3.05) is 26.2 Å². The van der Waals surface area contributed by atoms with Gasteiger partial charge in [0.2, 0.25) is 0 Å². The lowest BCUT2D eigenvalue weighted by Gasteiger charge is -2.19. The molecule has 2 heterocycles. The Morgan fingerprint density at radius 1 is 1.13 bits per heavy atom. The van der Waals surface area contributed by atoms with Crippen LogP contribution in [0.15, 0.2) is 0 Å². The SMILES string of the molecule is CC(=O)c1c(C)[nH]c(C(=O)NCCCN2CCCCCC2)c1C. The van der Waals surface area contributed by atoms with E-state index >= 15 is 0 Å². The average molecular weight is 319 g/mol. The Kier molecular flexibility index (Phi) is 6.39. The molecule has 23 heavy (non-hydrogen) atoms. The Balaban J connectivity index is 1.81. The van der Waals surface area contributed by atoms with Crippen LogP contribution in [-0.2, 0) is 0 Å². The molecule has 0 spiro atoms. The van der Waals surface area contributed by atoms with E-state index in [0.29, 0.717) is 17.8 Å². The van der Waals surface area contributed by atoms with Crippen LogP contribution in [-0.4, -0.2) is 47.8 Å². The van der Waals surface area contributed by atoms with Gasteiger partial charge in [0.1, 0.15) is 5.69 Å². The van der Waals surface area contributed by atoms with E-state index in [1.807, 2.05) is 13.8 Å². The molecule has 2 rings (SSSR count). The van der Waals surface area contributed by atoms with Gasteiger partial charge in [-0.3, -0.25) is 9.59 Å². The van der Waals surface area contributed by atoms with Crippen LogP contribution in [0.4, 0.5) is 0 Å². The molecule has 2 N–H and O–H groups in total. The number of aromatic amines is 1. The molecule has 1 aliphatic rings. The molecule has 1 saturated heterocycles. The molecule has 0 saturated carbocycles. The molecule has 0 aliphatic carbocycles.